The number of aliphatic hydroxyl groups is 1. The molecule has 3 fully saturated rings. The standard InChI is InChI=1S/C10H16O.C10H20O.C6H5ClO/c1-9(2)7-4-5-10(9,3)8(11)6-7;1-7(2)9-5-4-8(3)6-10(9)11;7-5-3-1-2-4-6(5)8/h7H,4-6H2,1-3H3;7-11H,4-6H2,1-3H3;1-4,8H. The van der Waals surface area contributed by atoms with E-state index >= 15 is 0 Å². The number of fused-ring (bicyclic) bond motifs is 2. The molecule has 4 heteroatoms. The fourth-order valence-electron chi connectivity index (χ4n) is 5.51. The summed E-state index contributed by atoms with van der Waals surface area (Å²) in [5, 5.41) is 18.9. The number of carbonyl (C=O) groups is 1. The summed E-state index contributed by atoms with van der Waals surface area (Å²) in [7, 11) is 0. The molecular formula is C26H41ClO3. The predicted octanol–water partition coefficient (Wildman–Crippen LogP) is 6.89. The number of hydrogen-bond acceptors (Lipinski definition) is 3. The normalized spacial score (nSPS) is 34.1. The first-order valence-electron chi connectivity index (χ1n) is 11.5. The van der Waals surface area contributed by atoms with E-state index in [2.05, 4.69) is 41.5 Å². The van der Waals surface area contributed by atoms with Gasteiger partial charge in [-0.15, -0.1) is 0 Å². The van der Waals surface area contributed by atoms with E-state index < -0.39 is 0 Å². The van der Waals surface area contributed by atoms with Crippen LogP contribution in [-0.2, 0) is 4.79 Å². The number of phenolic OH excluding ortho intramolecular Hbond substituents is 1. The van der Waals surface area contributed by atoms with E-state index in [1.54, 1.807) is 24.3 Å². The third kappa shape index (κ3) is 5.40. The van der Waals surface area contributed by atoms with Gasteiger partial charge in [-0.2, -0.15) is 0 Å². The maximum absolute atomic E-state index is 11.6. The lowest BCUT2D eigenvalue weighted by Crippen LogP contribution is -2.32. The molecular weight excluding hydrogens is 396 g/mol. The van der Waals surface area contributed by atoms with Crippen molar-refractivity contribution in [2.75, 3.05) is 0 Å². The van der Waals surface area contributed by atoms with Crippen LogP contribution in [0.5, 0.6) is 5.75 Å². The van der Waals surface area contributed by atoms with Gasteiger partial charge in [0.15, 0.2) is 0 Å². The van der Waals surface area contributed by atoms with Crippen LogP contribution in [-0.4, -0.2) is 22.1 Å². The molecule has 1 aromatic rings. The van der Waals surface area contributed by atoms with Crippen molar-refractivity contribution >= 4 is 17.4 Å². The molecule has 0 amide bonds. The van der Waals surface area contributed by atoms with Gasteiger partial charge in [-0.3, -0.25) is 4.79 Å². The van der Waals surface area contributed by atoms with Gasteiger partial charge in [-0.05, 0) is 66.9 Å². The fourth-order valence-corrected chi connectivity index (χ4v) is 5.64. The maximum atomic E-state index is 11.6. The Labute approximate surface area is 188 Å². The van der Waals surface area contributed by atoms with Gasteiger partial charge >= 0.3 is 0 Å². The number of Topliss-reactive ketones (excluding diaryl/α,β-unsaturated/α-hetero) is 1. The topological polar surface area (TPSA) is 57.5 Å². The highest BCUT2D eigenvalue weighted by Gasteiger charge is 2.61. The van der Waals surface area contributed by atoms with E-state index in [1.165, 1.54) is 19.3 Å². The number of hydrogen-bond donors (Lipinski definition) is 2. The number of benzene rings is 1. The van der Waals surface area contributed by atoms with Crippen LogP contribution in [0.2, 0.25) is 5.02 Å². The Bertz CT molecular complexity index is 693. The van der Waals surface area contributed by atoms with Crippen molar-refractivity contribution in [2.24, 2.45) is 34.5 Å². The highest BCUT2D eigenvalue weighted by molar-refractivity contribution is 6.31. The Balaban J connectivity index is 0.000000163. The summed E-state index contributed by atoms with van der Waals surface area (Å²) in [6.07, 6.45) is 6.77. The summed E-state index contributed by atoms with van der Waals surface area (Å²) >= 11 is 5.46. The summed E-state index contributed by atoms with van der Waals surface area (Å²) in [4.78, 5) is 11.6. The molecule has 3 nitrogen and oxygen atoms in total. The summed E-state index contributed by atoms with van der Waals surface area (Å²) < 4.78 is 0. The Hall–Kier alpha value is -1.06. The average Bonchev–Trinajstić information content (AvgIpc) is 2.98. The van der Waals surface area contributed by atoms with Crippen LogP contribution < -0.4 is 0 Å². The molecule has 0 aromatic heterocycles. The van der Waals surface area contributed by atoms with E-state index in [4.69, 9.17) is 16.7 Å². The second-order valence-corrected chi connectivity index (χ2v) is 11.2. The van der Waals surface area contributed by atoms with Gasteiger partial charge in [0.2, 0.25) is 0 Å². The first-order valence-corrected chi connectivity index (χ1v) is 11.9. The van der Waals surface area contributed by atoms with E-state index in [0.717, 1.165) is 25.2 Å². The molecule has 5 atom stereocenters. The summed E-state index contributed by atoms with van der Waals surface area (Å²) in [5.74, 6) is 3.27. The van der Waals surface area contributed by atoms with Crippen molar-refractivity contribution in [1.29, 1.82) is 0 Å². The van der Waals surface area contributed by atoms with Gasteiger partial charge in [0.25, 0.3) is 0 Å². The summed E-state index contributed by atoms with van der Waals surface area (Å²) in [6, 6.07) is 6.67. The van der Waals surface area contributed by atoms with Crippen molar-refractivity contribution in [2.45, 2.75) is 86.2 Å². The maximum Gasteiger partial charge on any atom is 0.139 e. The lowest BCUT2D eigenvalue weighted by molar-refractivity contribution is -0.128. The number of aromatic hydroxyl groups is 1. The second-order valence-electron chi connectivity index (χ2n) is 10.8. The molecule has 2 N–H and O–H groups in total. The number of rotatable bonds is 1. The number of para-hydroxylation sites is 1. The Morgan fingerprint density at radius 2 is 1.73 bits per heavy atom. The van der Waals surface area contributed by atoms with Crippen LogP contribution in [0.3, 0.4) is 0 Å². The molecule has 0 aliphatic heterocycles. The lowest BCUT2D eigenvalue weighted by Gasteiger charge is -2.33. The van der Waals surface area contributed by atoms with Crippen LogP contribution >= 0.6 is 11.6 Å². The third-order valence-electron chi connectivity index (χ3n) is 8.32. The van der Waals surface area contributed by atoms with Crippen molar-refractivity contribution < 1.29 is 15.0 Å². The molecule has 3 aliphatic rings. The molecule has 0 heterocycles. The van der Waals surface area contributed by atoms with Gasteiger partial charge in [0.1, 0.15) is 11.5 Å². The quantitative estimate of drug-likeness (QED) is 0.504. The van der Waals surface area contributed by atoms with Gasteiger partial charge in [-0.25, -0.2) is 0 Å². The monoisotopic (exact) mass is 436 g/mol. The van der Waals surface area contributed by atoms with E-state index in [0.29, 0.717) is 28.6 Å². The van der Waals surface area contributed by atoms with Gasteiger partial charge < -0.3 is 10.2 Å². The Morgan fingerprint density at radius 1 is 1.10 bits per heavy atom. The van der Waals surface area contributed by atoms with Crippen molar-refractivity contribution in [1.82, 2.24) is 0 Å². The summed E-state index contributed by atoms with van der Waals surface area (Å²) in [5.41, 5.74) is 0.307. The lowest BCUT2D eigenvalue weighted by atomic mass is 9.70. The van der Waals surface area contributed by atoms with Crippen LogP contribution in [0.15, 0.2) is 24.3 Å². The minimum absolute atomic E-state index is 0.0255. The largest absolute Gasteiger partial charge is 0.506 e. The molecule has 3 saturated carbocycles. The number of phenols is 1. The Kier molecular flexibility index (Phi) is 8.43. The fraction of sp³-hybridized carbons (Fsp3) is 0.731. The van der Waals surface area contributed by atoms with E-state index in [-0.39, 0.29) is 22.7 Å². The van der Waals surface area contributed by atoms with Crippen molar-refractivity contribution in [3.63, 3.8) is 0 Å². The smallest absolute Gasteiger partial charge is 0.139 e. The SMILES string of the molecule is CC12CCC(CC1=O)C2(C)C.CC1CCC(C(C)C)C(O)C1.Oc1ccccc1Cl. The van der Waals surface area contributed by atoms with Gasteiger partial charge in [0, 0.05) is 11.8 Å². The first kappa shape index (κ1) is 25.2. The third-order valence-corrected chi connectivity index (χ3v) is 8.64. The molecule has 1 aromatic carbocycles. The minimum Gasteiger partial charge on any atom is -0.506 e. The molecule has 0 saturated heterocycles. The molecule has 5 unspecified atom stereocenters. The van der Waals surface area contributed by atoms with Gasteiger partial charge in [0.05, 0.1) is 11.1 Å². The number of carbonyl (C=O) groups excluding carboxylic acids is 1. The zero-order valence-corrected chi connectivity index (χ0v) is 20.4. The average molecular weight is 437 g/mol. The number of ketones is 1. The van der Waals surface area contributed by atoms with Crippen molar-refractivity contribution in [3.8, 4) is 5.75 Å². The van der Waals surface area contributed by atoms with Gasteiger partial charge in [-0.1, -0.05) is 71.7 Å². The molecule has 0 radical (unpaired) electrons. The summed E-state index contributed by atoms with van der Waals surface area (Å²) in [6.45, 7) is 13.3. The Morgan fingerprint density at radius 3 is 2.07 bits per heavy atom. The van der Waals surface area contributed by atoms with E-state index in [9.17, 15) is 9.90 Å². The van der Waals surface area contributed by atoms with Crippen LogP contribution in [0.4, 0.5) is 0 Å². The minimum atomic E-state index is -0.0289. The highest BCUT2D eigenvalue weighted by atomic mass is 35.5. The molecule has 0 spiro atoms. The predicted molar refractivity (Wildman–Crippen MR) is 125 cm³/mol. The van der Waals surface area contributed by atoms with E-state index in [1.807, 2.05) is 0 Å². The molecule has 4 rings (SSSR count). The highest BCUT2D eigenvalue weighted by Crippen LogP contribution is 2.63. The molecule has 30 heavy (non-hydrogen) atoms. The van der Waals surface area contributed by atoms with Crippen LogP contribution in [0, 0.1) is 34.5 Å². The molecule has 2 bridgehead atoms. The van der Waals surface area contributed by atoms with Crippen LogP contribution in [0.1, 0.15) is 80.1 Å². The van der Waals surface area contributed by atoms with Crippen LogP contribution in [0.25, 0.3) is 0 Å². The van der Waals surface area contributed by atoms with Crippen molar-refractivity contribution in [3.05, 3.63) is 29.3 Å². The molecule has 170 valence electrons. The second kappa shape index (κ2) is 10.0. The number of halogens is 1. The zero-order valence-electron chi connectivity index (χ0n) is 19.6. The molecule has 3 aliphatic carbocycles. The zero-order chi connectivity index (χ0) is 22.7. The first-order chi connectivity index (χ1) is 13.9. The number of aliphatic hydroxyl groups excluding tert-OH is 1.